The van der Waals surface area contributed by atoms with Crippen LogP contribution in [0.5, 0.6) is 0 Å². The van der Waals surface area contributed by atoms with Crippen molar-refractivity contribution in [3.8, 4) is 0 Å². The molecule has 0 saturated carbocycles. The van der Waals surface area contributed by atoms with Crippen molar-refractivity contribution < 1.29 is 4.79 Å². The summed E-state index contributed by atoms with van der Waals surface area (Å²) in [6.07, 6.45) is 3.16. The topological polar surface area (TPSA) is 77.1 Å². The van der Waals surface area contributed by atoms with Crippen LogP contribution in [0.15, 0.2) is 23.1 Å². The monoisotopic (exact) mass is 265 g/mol. The Hall–Kier alpha value is -1.62. The first-order chi connectivity index (χ1) is 8.93. The predicted molar refractivity (Wildman–Crippen MR) is 77.1 cm³/mol. The molecule has 5 nitrogen and oxygen atoms in total. The second-order valence-electron chi connectivity index (χ2n) is 5.17. The molecule has 0 aliphatic heterocycles. The fourth-order valence-electron chi connectivity index (χ4n) is 1.87. The average molecular weight is 265 g/mol. The number of nitrogens with one attached hydrogen (secondary N) is 1. The standard InChI is InChI=1S/C14H23N3O2/c1-4-7-17-9-11(5-6-13(17)18)16-14(19)12(15)8-10(2)3/h5-6,9-10,12H,4,7-8,15H2,1-3H3,(H,16,19)/t12-/m1/s1. The van der Waals surface area contributed by atoms with Crippen molar-refractivity contribution in [1.82, 2.24) is 4.57 Å². The normalized spacial score (nSPS) is 12.5. The second-order valence-corrected chi connectivity index (χ2v) is 5.17. The van der Waals surface area contributed by atoms with Crippen LogP contribution in [0.3, 0.4) is 0 Å². The van der Waals surface area contributed by atoms with Gasteiger partial charge in [0, 0.05) is 18.8 Å². The fourth-order valence-corrected chi connectivity index (χ4v) is 1.87. The number of aryl methyl sites for hydroxylation is 1. The molecule has 1 amide bonds. The number of carbonyl (C=O) groups excluding carboxylic acids is 1. The maximum atomic E-state index is 11.9. The van der Waals surface area contributed by atoms with E-state index in [1.165, 1.54) is 6.07 Å². The van der Waals surface area contributed by atoms with Gasteiger partial charge in [-0.05, 0) is 24.8 Å². The van der Waals surface area contributed by atoms with Crippen LogP contribution in [0.2, 0.25) is 0 Å². The zero-order chi connectivity index (χ0) is 14.4. The molecule has 3 N–H and O–H groups in total. The van der Waals surface area contributed by atoms with E-state index in [9.17, 15) is 9.59 Å². The highest BCUT2D eigenvalue weighted by atomic mass is 16.2. The molecule has 5 heteroatoms. The quantitative estimate of drug-likeness (QED) is 0.819. The zero-order valence-corrected chi connectivity index (χ0v) is 11.8. The summed E-state index contributed by atoms with van der Waals surface area (Å²) in [6.45, 7) is 6.68. The lowest BCUT2D eigenvalue weighted by Gasteiger charge is -2.14. The third-order valence-corrected chi connectivity index (χ3v) is 2.78. The first kappa shape index (κ1) is 15.4. The van der Waals surface area contributed by atoms with Crippen LogP contribution >= 0.6 is 0 Å². The van der Waals surface area contributed by atoms with Gasteiger partial charge in [-0.15, -0.1) is 0 Å². The van der Waals surface area contributed by atoms with Crippen LogP contribution in [0, 0.1) is 5.92 Å². The lowest BCUT2D eigenvalue weighted by molar-refractivity contribution is -0.117. The van der Waals surface area contributed by atoms with Gasteiger partial charge >= 0.3 is 0 Å². The van der Waals surface area contributed by atoms with Crippen molar-refractivity contribution in [3.63, 3.8) is 0 Å². The molecule has 106 valence electrons. The first-order valence-corrected chi connectivity index (χ1v) is 6.71. The molecular formula is C14H23N3O2. The summed E-state index contributed by atoms with van der Waals surface area (Å²) in [6, 6.07) is 2.54. The summed E-state index contributed by atoms with van der Waals surface area (Å²) in [5.74, 6) is 0.158. The van der Waals surface area contributed by atoms with Crippen LogP contribution < -0.4 is 16.6 Å². The van der Waals surface area contributed by atoms with Crippen LogP contribution in [-0.4, -0.2) is 16.5 Å². The van der Waals surface area contributed by atoms with Gasteiger partial charge in [0.15, 0.2) is 0 Å². The van der Waals surface area contributed by atoms with E-state index in [0.717, 1.165) is 6.42 Å². The highest BCUT2D eigenvalue weighted by molar-refractivity contribution is 5.94. The molecule has 1 rings (SSSR count). The van der Waals surface area contributed by atoms with Crippen LogP contribution in [0.25, 0.3) is 0 Å². The molecule has 1 atom stereocenters. The van der Waals surface area contributed by atoms with Crippen molar-refractivity contribution in [2.75, 3.05) is 5.32 Å². The Bertz CT molecular complexity index is 480. The van der Waals surface area contributed by atoms with Gasteiger partial charge in [0.05, 0.1) is 11.7 Å². The number of amides is 1. The van der Waals surface area contributed by atoms with Crippen LogP contribution in [0.4, 0.5) is 5.69 Å². The molecule has 19 heavy (non-hydrogen) atoms. The lowest BCUT2D eigenvalue weighted by Crippen LogP contribution is -2.37. The molecule has 0 unspecified atom stereocenters. The summed E-state index contributed by atoms with van der Waals surface area (Å²) in [5, 5.41) is 2.75. The Labute approximate surface area is 113 Å². The van der Waals surface area contributed by atoms with Gasteiger partial charge in [-0.25, -0.2) is 0 Å². The summed E-state index contributed by atoms with van der Waals surface area (Å²) in [4.78, 5) is 23.4. The highest BCUT2D eigenvalue weighted by Gasteiger charge is 2.15. The molecule has 0 saturated heterocycles. The number of nitrogens with two attached hydrogens (primary N) is 1. The van der Waals surface area contributed by atoms with E-state index in [1.54, 1.807) is 16.8 Å². The van der Waals surface area contributed by atoms with Gasteiger partial charge in [0.2, 0.25) is 5.91 Å². The SMILES string of the molecule is CCCn1cc(NC(=O)[C@H](N)CC(C)C)ccc1=O. The Morgan fingerprint density at radius 1 is 1.42 bits per heavy atom. The number of pyridine rings is 1. The number of anilines is 1. The molecule has 0 aliphatic rings. The summed E-state index contributed by atoms with van der Waals surface area (Å²) in [5.41, 5.74) is 6.36. The summed E-state index contributed by atoms with van der Waals surface area (Å²) < 4.78 is 1.59. The minimum atomic E-state index is -0.522. The largest absolute Gasteiger partial charge is 0.323 e. The Kier molecular flexibility index (Phi) is 5.76. The molecule has 0 radical (unpaired) electrons. The summed E-state index contributed by atoms with van der Waals surface area (Å²) >= 11 is 0. The van der Waals surface area contributed by atoms with Crippen molar-refractivity contribution in [2.45, 2.75) is 46.2 Å². The number of nitrogens with zero attached hydrogens (tertiary/aromatic N) is 1. The van der Waals surface area contributed by atoms with Crippen molar-refractivity contribution in [2.24, 2.45) is 11.7 Å². The van der Waals surface area contributed by atoms with Gasteiger partial charge in [0.1, 0.15) is 0 Å². The van der Waals surface area contributed by atoms with Gasteiger partial charge in [-0.3, -0.25) is 9.59 Å². The van der Waals surface area contributed by atoms with E-state index in [-0.39, 0.29) is 11.5 Å². The van der Waals surface area contributed by atoms with Gasteiger partial charge < -0.3 is 15.6 Å². The number of carbonyl (C=O) groups is 1. The second kappa shape index (κ2) is 7.09. The van der Waals surface area contributed by atoms with Crippen molar-refractivity contribution in [1.29, 1.82) is 0 Å². The molecule has 0 fully saturated rings. The average Bonchev–Trinajstić information content (AvgIpc) is 2.32. The molecule has 1 aromatic rings. The number of rotatable bonds is 6. The van der Waals surface area contributed by atoms with E-state index in [1.807, 2.05) is 20.8 Å². The lowest BCUT2D eigenvalue weighted by atomic mass is 10.0. The maximum Gasteiger partial charge on any atom is 0.250 e. The molecule has 1 heterocycles. The predicted octanol–water partition coefficient (Wildman–Crippen LogP) is 1.57. The van der Waals surface area contributed by atoms with Gasteiger partial charge in [0.25, 0.3) is 5.56 Å². The van der Waals surface area contributed by atoms with Gasteiger partial charge in [-0.2, -0.15) is 0 Å². The van der Waals surface area contributed by atoms with E-state index in [4.69, 9.17) is 5.73 Å². The molecule has 0 bridgehead atoms. The van der Waals surface area contributed by atoms with Crippen molar-refractivity contribution >= 4 is 11.6 Å². The van der Waals surface area contributed by atoms with Crippen LogP contribution in [-0.2, 0) is 11.3 Å². The summed E-state index contributed by atoms with van der Waals surface area (Å²) in [7, 11) is 0. The number of aromatic nitrogens is 1. The molecule has 0 aliphatic carbocycles. The molecule has 1 aromatic heterocycles. The van der Waals surface area contributed by atoms with Gasteiger partial charge in [-0.1, -0.05) is 20.8 Å². The Balaban J connectivity index is 2.74. The van der Waals surface area contributed by atoms with E-state index >= 15 is 0 Å². The van der Waals surface area contributed by atoms with E-state index in [0.29, 0.717) is 24.6 Å². The van der Waals surface area contributed by atoms with Crippen molar-refractivity contribution in [3.05, 3.63) is 28.7 Å². The zero-order valence-electron chi connectivity index (χ0n) is 11.8. The van der Waals surface area contributed by atoms with Crippen LogP contribution in [0.1, 0.15) is 33.6 Å². The highest BCUT2D eigenvalue weighted by Crippen LogP contribution is 2.08. The minimum absolute atomic E-state index is 0.0636. The molecular weight excluding hydrogens is 242 g/mol. The van der Waals surface area contributed by atoms with E-state index in [2.05, 4.69) is 5.32 Å². The third-order valence-electron chi connectivity index (χ3n) is 2.78. The fraction of sp³-hybridized carbons (Fsp3) is 0.571. The number of hydrogen-bond acceptors (Lipinski definition) is 3. The third kappa shape index (κ3) is 4.87. The first-order valence-electron chi connectivity index (χ1n) is 6.71. The minimum Gasteiger partial charge on any atom is -0.323 e. The molecule has 0 spiro atoms. The maximum absolute atomic E-state index is 11.9. The molecule has 0 aromatic carbocycles. The Morgan fingerprint density at radius 3 is 2.68 bits per heavy atom. The Morgan fingerprint density at radius 2 is 2.11 bits per heavy atom. The number of hydrogen-bond donors (Lipinski definition) is 2. The smallest absolute Gasteiger partial charge is 0.250 e. The van der Waals surface area contributed by atoms with E-state index < -0.39 is 6.04 Å².